The molecule has 0 heterocycles. The maximum absolute atomic E-state index is 5.85. The summed E-state index contributed by atoms with van der Waals surface area (Å²) in [5.41, 5.74) is 2.68. The lowest BCUT2D eigenvalue weighted by Crippen LogP contribution is -1.96. The minimum Gasteiger partial charge on any atom is -0.0843 e. The molecule has 0 saturated carbocycles. The van der Waals surface area contributed by atoms with Crippen LogP contribution in [0.4, 0.5) is 0 Å². The van der Waals surface area contributed by atoms with E-state index in [4.69, 9.17) is 11.6 Å². The topological polar surface area (TPSA) is 0 Å². The normalized spacial score (nSPS) is 20.7. The maximum atomic E-state index is 5.85. The Balaban J connectivity index is 2.27. The number of allylic oxidation sites excluding steroid dienone is 4. The van der Waals surface area contributed by atoms with Crippen LogP contribution >= 0.6 is 11.6 Å². The second-order valence-corrected chi connectivity index (χ2v) is 4.20. The molecule has 72 valence electrons. The van der Waals surface area contributed by atoms with E-state index < -0.39 is 0 Å². The molecule has 0 saturated heterocycles. The molecule has 1 heteroatoms. The molecule has 0 spiro atoms. The van der Waals surface area contributed by atoms with Crippen LogP contribution in [0.5, 0.6) is 0 Å². The zero-order chi connectivity index (χ0) is 9.97. The summed E-state index contributed by atoms with van der Waals surface area (Å²) in [6.07, 6.45) is 7.68. The molecule has 0 fully saturated rings. The highest BCUT2D eigenvalue weighted by molar-refractivity contribution is 6.30. The summed E-state index contributed by atoms with van der Waals surface area (Å²) in [6.45, 7) is 2.24. The van der Waals surface area contributed by atoms with Gasteiger partial charge in [0.25, 0.3) is 0 Å². The van der Waals surface area contributed by atoms with Crippen molar-refractivity contribution in [1.82, 2.24) is 0 Å². The fourth-order valence-electron chi connectivity index (χ4n) is 1.72. The predicted octanol–water partition coefficient (Wildman–Crippen LogP) is 4.32. The van der Waals surface area contributed by atoms with Crippen molar-refractivity contribution in [2.75, 3.05) is 0 Å². The lowest BCUT2D eigenvalue weighted by molar-refractivity contribution is 0.749. The molecule has 0 N–H and O–H groups in total. The van der Waals surface area contributed by atoms with E-state index in [9.17, 15) is 0 Å². The molecule has 1 atom stereocenters. The van der Waals surface area contributed by atoms with E-state index >= 15 is 0 Å². The quantitative estimate of drug-likeness (QED) is 0.639. The Labute approximate surface area is 89.9 Å². The first-order valence-corrected chi connectivity index (χ1v) is 5.27. The molecule has 0 bridgehead atoms. The Bertz CT molecular complexity index is 371. The van der Waals surface area contributed by atoms with Crippen LogP contribution < -0.4 is 0 Å². The van der Waals surface area contributed by atoms with E-state index in [2.05, 4.69) is 37.3 Å². The first kappa shape index (κ1) is 9.54. The van der Waals surface area contributed by atoms with Crippen LogP contribution in [-0.2, 0) is 0 Å². The lowest BCUT2D eigenvalue weighted by Gasteiger charge is -2.14. The molecular weight excluding hydrogens is 192 g/mol. The Morgan fingerprint density at radius 3 is 2.57 bits per heavy atom. The van der Waals surface area contributed by atoms with Crippen LogP contribution in [0.15, 0.2) is 42.5 Å². The molecular formula is C13H13Cl. The van der Waals surface area contributed by atoms with Gasteiger partial charge in [0.1, 0.15) is 0 Å². The number of benzene rings is 1. The molecule has 14 heavy (non-hydrogen) atoms. The van der Waals surface area contributed by atoms with Crippen molar-refractivity contribution in [3.63, 3.8) is 0 Å². The lowest BCUT2D eigenvalue weighted by atomic mass is 9.91. The Hall–Kier alpha value is -1.01. The van der Waals surface area contributed by atoms with Gasteiger partial charge in [-0.25, -0.2) is 0 Å². The van der Waals surface area contributed by atoms with Crippen LogP contribution in [0.1, 0.15) is 18.9 Å². The van der Waals surface area contributed by atoms with Gasteiger partial charge in [-0.2, -0.15) is 0 Å². The second kappa shape index (κ2) is 4.02. The average Bonchev–Trinajstić information content (AvgIpc) is 2.19. The van der Waals surface area contributed by atoms with E-state index in [1.807, 2.05) is 12.1 Å². The predicted molar refractivity (Wildman–Crippen MR) is 62.4 cm³/mol. The van der Waals surface area contributed by atoms with Crippen molar-refractivity contribution in [2.45, 2.75) is 13.3 Å². The van der Waals surface area contributed by atoms with Crippen molar-refractivity contribution < 1.29 is 0 Å². The Morgan fingerprint density at radius 1 is 1.21 bits per heavy atom. The summed E-state index contributed by atoms with van der Waals surface area (Å²) in [7, 11) is 0. The minimum absolute atomic E-state index is 0.644. The first-order chi connectivity index (χ1) is 6.75. The summed E-state index contributed by atoms with van der Waals surface area (Å²) in [5, 5.41) is 0.800. The summed E-state index contributed by atoms with van der Waals surface area (Å²) < 4.78 is 0. The molecule has 1 aliphatic rings. The van der Waals surface area contributed by atoms with Crippen LogP contribution in [0.3, 0.4) is 0 Å². The van der Waals surface area contributed by atoms with Gasteiger partial charge in [-0.05, 0) is 35.6 Å². The zero-order valence-electron chi connectivity index (χ0n) is 8.20. The summed E-state index contributed by atoms with van der Waals surface area (Å²) in [4.78, 5) is 0. The monoisotopic (exact) mass is 204 g/mol. The van der Waals surface area contributed by atoms with Crippen LogP contribution in [0.25, 0.3) is 5.57 Å². The molecule has 0 aliphatic heterocycles. The first-order valence-electron chi connectivity index (χ1n) is 4.89. The summed E-state index contributed by atoms with van der Waals surface area (Å²) in [6, 6.07) is 8.06. The standard InChI is InChI=1S/C13H13Cl/c1-10-3-2-4-12(9-10)11-5-7-13(14)8-6-11/h2-8,10H,9H2,1H3. The smallest absolute Gasteiger partial charge is 0.0406 e. The van der Waals surface area contributed by atoms with Crippen LogP contribution in [-0.4, -0.2) is 0 Å². The van der Waals surface area contributed by atoms with Crippen molar-refractivity contribution in [1.29, 1.82) is 0 Å². The van der Waals surface area contributed by atoms with Gasteiger partial charge in [0.15, 0.2) is 0 Å². The molecule has 2 rings (SSSR count). The van der Waals surface area contributed by atoms with E-state index in [0.717, 1.165) is 11.4 Å². The number of hydrogen-bond acceptors (Lipinski definition) is 0. The molecule has 0 nitrogen and oxygen atoms in total. The molecule has 0 radical (unpaired) electrons. The van der Waals surface area contributed by atoms with Gasteiger partial charge in [0.05, 0.1) is 0 Å². The molecule has 1 unspecified atom stereocenters. The average molecular weight is 205 g/mol. The third kappa shape index (κ3) is 2.08. The SMILES string of the molecule is CC1C=CC=C(c2ccc(Cl)cc2)C1. The second-order valence-electron chi connectivity index (χ2n) is 3.77. The fourth-order valence-corrected chi connectivity index (χ4v) is 1.85. The Morgan fingerprint density at radius 2 is 1.93 bits per heavy atom. The third-order valence-corrected chi connectivity index (χ3v) is 2.75. The van der Waals surface area contributed by atoms with E-state index in [-0.39, 0.29) is 0 Å². The zero-order valence-corrected chi connectivity index (χ0v) is 8.96. The highest BCUT2D eigenvalue weighted by atomic mass is 35.5. The molecule has 0 amide bonds. The highest BCUT2D eigenvalue weighted by Crippen LogP contribution is 2.27. The van der Waals surface area contributed by atoms with Crippen molar-refractivity contribution in [3.8, 4) is 0 Å². The van der Waals surface area contributed by atoms with E-state index in [0.29, 0.717) is 5.92 Å². The number of rotatable bonds is 1. The van der Waals surface area contributed by atoms with Gasteiger partial charge in [0.2, 0.25) is 0 Å². The molecule has 0 aromatic heterocycles. The van der Waals surface area contributed by atoms with E-state index in [1.165, 1.54) is 11.1 Å². The molecule has 1 aromatic rings. The van der Waals surface area contributed by atoms with Crippen molar-refractivity contribution in [3.05, 3.63) is 53.1 Å². The fraction of sp³-hybridized carbons (Fsp3) is 0.231. The largest absolute Gasteiger partial charge is 0.0843 e. The van der Waals surface area contributed by atoms with Crippen LogP contribution in [0, 0.1) is 5.92 Å². The maximum Gasteiger partial charge on any atom is 0.0406 e. The van der Waals surface area contributed by atoms with Gasteiger partial charge < -0.3 is 0 Å². The number of halogens is 1. The van der Waals surface area contributed by atoms with Gasteiger partial charge in [-0.15, -0.1) is 0 Å². The minimum atomic E-state index is 0.644. The van der Waals surface area contributed by atoms with Crippen molar-refractivity contribution >= 4 is 17.2 Å². The van der Waals surface area contributed by atoms with E-state index in [1.54, 1.807) is 0 Å². The van der Waals surface area contributed by atoms with Gasteiger partial charge in [-0.3, -0.25) is 0 Å². The summed E-state index contributed by atoms with van der Waals surface area (Å²) in [5.74, 6) is 0.644. The van der Waals surface area contributed by atoms with Gasteiger partial charge in [-0.1, -0.05) is 48.9 Å². The third-order valence-electron chi connectivity index (χ3n) is 2.49. The van der Waals surface area contributed by atoms with Gasteiger partial charge >= 0.3 is 0 Å². The van der Waals surface area contributed by atoms with Crippen LogP contribution in [0.2, 0.25) is 5.02 Å². The van der Waals surface area contributed by atoms with Crippen molar-refractivity contribution in [2.24, 2.45) is 5.92 Å². The van der Waals surface area contributed by atoms with Gasteiger partial charge in [0, 0.05) is 5.02 Å². The Kier molecular flexibility index (Phi) is 2.74. The highest BCUT2D eigenvalue weighted by Gasteiger charge is 2.07. The molecule has 1 aliphatic carbocycles. The number of hydrogen-bond donors (Lipinski definition) is 0. The molecule has 1 aromatic carbocycles. The summed E-state index contributed by atoms with van der Waals surface area (Å²) >= 11 is 5.85.